The van der Waals surface area contributed by atoms with Crippen LogP contribution >= 0.6 is 0 Å². The summed E-state index contributed by atoms with van der Waals surface area (Å²) in [5.41, 5.74) is 7.65. The maximum atomic E-state index is 11.5. The Morgan fingerprint density at radius 3 is 2.30 bits per heavy atom. The molecule has 0 spiro atoms. The lowest BCUT2D eigenvalue weighted by molar-refractivity contribution is -0.127. The van der Waals surface area contributed by atoms with E-state index in [1.165, 1.54) is 12.8 Å². The number of nitrogens with two attached hydrogens (primary N) is 1. The highest BCUT2D eigenvalue weighted by atomic mass is 16.2. The summed E-state index contributed by atoms with van der Waals surface area (Å²) in [5, 5.41) is 5.94. The first kappa shape index (κ1) is 21.5. The number of aromatic nitrogens is 2. The summed E-state index contributed by atoms with van der Waals surface area (Å²) >= 11 is 0. The number of benzene rings is 1. The van der Waals surface area contributed by atoms with Crippen molar-refractivity contribution in [3.63, 3.8) is 0 Å². The van der Waals surface area contributed by atoms with Crippen molar-refractivity contribution >= 4 is 29.1 Å². The van der Waals surface area contributed by atoms with Crippen molar-refractivity contribution in [2.45, 2.75) is 39.7 Å². The summed E-state index contributed by atoms with van der Waals surface area (Å²) in [6.07, 6.45) is 5.68. The van der Waals surface area contributed by atoms with E-state index in [9.17, 15) is 9.59 Å². The fourth-order valence-corrected chi connectivity index (χ4v) is 3.61. The van der Waals surface area contributed by atoms with Crippen LogP contribution in [0.4, 0.5) is 17.3 Å². The number of rotatable bonds is 8. The molecule has 2 aromatic rings. The molecule has 1 saturated heterocycles. The number of carbonyl (C=O) groups is 2. The largest absolute Gasteiger partial charge is 0.369 e. The van der Waals surface area contributed by atoms with Gasteiger partial charge in [0.25, 0.3) is 0 Å². The summed E-state index contributed by atoms with van der Waals surface area (Å²) in [5.74, 6) is 1.29. The highest BCUT2D eigenvalue weighted by Crippen LogP contribution is 2.26. The van der Waals surface area contributed by atoms with Crippen molar-refractivity contribution in [2.24, 2.45) is 17.6 Å². The van der Waals surface area contributed by atoms with Gasteiger partial charge in [0.15, 0.2) is 0 Å². The van der Waals surface area contributed by atoms with Gasteiger partial charge in [-0.25, -0.2) is 9.97 Å². The van der Waals surface area contributed by atoms with Gasteiger partial charge in [-0.3, -0.25) is 9.59 Å². The molecule has 0 unspecified atom stereocenters. The Hall–Kier alpha value is -3.16. The fraction of sp³-hybridized carbons (Fsp3) is 0.455. The molecular formula is C22H30N6O2. The minimum Gasteiger partial charge on any atom is -0.369 e. The third-order valence-electron chi connectivity index (χ3n) is 5.47. The predicted molar refractivity (Wildman–Crippen MR) is 117 cm³/mol. The van der Waals surface area contributed by atoms with E-state index >= 15 is 0 Å². The zero-order chi connectivity index (χ0) is 21.5. The van der Waals surface area contributed by atoms with Crippen LogP contribution in [0, 0.1) is 11.8 Å². The first-order valence-corrected chi connectivity index (χ1v) is 10.4. The standard InChI is InChI=1S/C22H30N6O2/c1-15(2)17-7-9-28(10-8-17)22-25-13-19(14-26-22)27-18-5-3-16(4-6-18)12-24-21(30)11-20(23)29/h3-6,13-15,17,27H,7-12H2,1-2H3,(H2,23,29)(H,24,30). The highest BCUT2D eigenvalue weighted by Gasteiger charge is 2.22. The smallest absolute Gasteiger partial charge is 0.229 e. The highest BCUT2D eigenvalue weighted by molar-refractivity contribution is 5.95. The van der Waals surface area contributed by atoms with Gasteiger partial charge in [-0.2, -0.15) is 0 Å². The van der Waals surface area contributed by atoms with Crippen LogP contribution in [-0.2, 0) is 16.1 Å². The van der Waals surface area contributed by atoms with Gasteiger partial charge >= 0.3 is 0 Å². The lowest BCUT2D eigenvalue weighted by atomic mass is 9.87. The average Bonchev–Trinajstić information content (AvgIpc) is 2.73. The van der Waals surface area contributed by atoms with E-state index in [-0.39, 0.29) is 12.3 Å². The molecule has 0 aliphatic carbocycles. The van der Waals surface area contributed by atoms with Gasteiger partial charge in [0, 0.05) is 25.3 Å². The van der Waals surface area contributed by atoms with Crippen molar-refractivity contribution in [3.05, 3.63) is 42.2 Å². The topological polar surface area (TPSA) is 113 Å². The molecule has 8 heteroatoms. The Bertz CT molecular complexity index is 843. The van der Waals surface area contributed by atoms with E-state index in [0.29, 0.717) is 6.54 Å². The number of primary amides is 1. The molecule has 3 rings (SSSR count). The van der Waals surface area contributed by atoms with E-state index in [4.69, 9.17) is 5.73 Å². The normalized spacial score (nSPS) is 14.6. The molecule has 1 aromatic heterocycles. The van der Waals surface area contributed by atoms with Crippen molar-refractivity contribution in [2.75, 3.05) is 23.3 Å². The van der Waals surface area contributed by atoms with Crippen LogP contribution in [0.5, 0.6) is 0 Å². The Labute approximate surface area is 177 Å². The maximum Gasteiger partial charge on any atom is 0.229 e. The molecule has 0 atom stereocenters. The fourth-order valence-electron chi connectivity index (χ4n) is 3.61. The molecule has 1 aliphatic heterocycles. The van der Waals surface area contributed by atoms with Gasteiger partial charge < -0.3 is 21.3 Å². The van der Waals surface area contributed by atoms with Gasteiger partial charge in [-0.1, -0.05) is 26.0 Å². The molecule has 2 amide bonds. The van der Waals surface area contributed by atoms with Crippen LogP contribution in [0.1, 0.15) is 38.7 Å². The monoisotopic (exact) mass is 410 g/mol. The van der Waals surface area contributed by atoms with Gasteiger partial charge in [-0.15, -0.1) is 0 Å². The first-order chi connectivity index (χ1) is 14.4. The maximum absolute atomic E-state index is 11.5. The van der Waals surface area contributed by atoms with Crippen molar-refractivity contribution in [1.82, 2.24) is 15.3 Å². The van der Waals surface area contributed by atoms with Crippen LogP contribution in [0.15, 0.2) is 36.7 Å². The minimum absolute atomic E-state index is 0.300. The molecule has 1 fully saturated rings. The summed E-state index contributed by atoms with van der Waals surface area (Å²) in [6, 6.07) is 7.64. The molecule has 0 bridgehead atoms. The van der Waals surface area contributed by atoms with Gasteiger partial charge in [0.05, 0.1) is 18.1 Å². The second kappa shape index (κ2) is 10.0. The van der Waals surface area contributed by atoms with Crippen LogP contribution in [0.2, 0.25) is 0 Å². The number of anilines is 3. The first-order valence-electron chi connectivity index (χ1n) is 10.4. The molecule has 30 heavy (non-hydrogen) atoms. The number of hydrogen-bond acceptors (Lipinski definition) is 6. The average molecular weight is 411 g/mol. The minimum atomic E-state index is -0.639. The van der Waals surface area contributed by atoms with Crippen LogP contribution in [-0.4, -0.2) is 34.9 Å². The quantitative estimate of drug-likeness (QED) is 0.577. The summed E-state index contributed by atoms with van der Waals surface area (Å²) in [6.45, 7) is 6.95. The van der Waals surface area contributed by atoms with Gasteiger partial charge in [0.2, 0.25) is 17.8 Å². The van der Waals surface area contributed by atoms with E-state index in [2.05, 4.69) is 39.3 Å². The Morgan fingerprint density at radius 1 is 1.10 bits per heavy atom. The molecule has 0 radical (unpaired) electrons. The number of nitrogens with zero attached hydrogens (tertiary/aromatic N) is 3. The third-order valence-corrected chi connectivity index (χ3v) is 5.47. The van der Waals surface area contributed by atoms with Gasteiger partial charge in [-0.05, 0) is 42.4 Å². The lowest BCUT2D eigenvalue weighted by Crippen LogP contribution is -2.36. The Balaban J connectivity index is 1.49. The van der Waals surface area contributed by atoms with Crippen LogP contribution < -0.4 is 21.3 Å². The Morgan fingerprint density at radius 2 is 1.73 bits per heavy atom. The third kappa shape index (κ3) is 6.17. The summed E-state index contributed by atoms with van der Waals surface area (Å²) < 4.78 is 0. The molecule has 4 N–H and O–H groups in total. The Kier molecular flexibility index (Phi) is 7.21. The number of amides is 2. The van der Waals surface area contributed by atoms with Crippen molar-refractivity contribution in [3.8, 4) is 0 Å². The molecular weight excluding hydrogens is 380 g/mol. The molecule has 2 heterocycles. The predicted octanol–water partition coefficient (Wildman–Crippen LogP) is 2.58. The van der Waals surface area contributed by atoms with E-state index in [1.807, 2.05) is 24.3 Å². The SMILES string of the molecule is CC(C)C1CCN(c2ncc(Nc3ccc(CNC(=O)CC(N)=O)cc3)cn2)CC1. The zero-order valence-electron chi connectivity index (χ0n) is 17.6. The summed E-state index contributed by atoms with van der Waals surface area (Å²) in [4.78, 5) is 33.5. The van der Waals surface area contributed by atoms with Crippen LogP contribution in [0.3, 0.4) is 0 Å². The lowest BCUT2D eigenvalue weighted by Gasteiger charge is -2.33. The van der Waals surface area contributed by atoms with Gasteiger partial charge in [0.1, 0.15) is 6.42 Å². The van der Waals surface area contributed by atoms with E-state index < -0.39 is 5.91 Å². The molecule has 160 valence electrons. The van der Waals surface area contributed by atoms with E-state index in [1.54, 1.807) is 12.4 Å². The van der Waals surface area contributed by atoms with Crippen LogP contribution in [0.25, 0.3) is 0 Å². The number of hydrogen-bond donors (Lipinski definition) is 3. The summed E-state index contributed by atoms with van der Waals surface area (Å²) in [7, 11) is 0. The molecule has 1 aromatic carbocycles. The number of nitrogens with one attached hydrogen (secondary N) is 2. The second-order valence-corrected chi connectivity index (χ2v) is 8.08. The number of carbonyl (C=O) groups excluding carboxylic acids is 2. The van der Waals surface area contributed by atoms with Crippen molar-refractivity contribution < 1.29 is 9.59 Å². The molecule has 1 aliphatic rings. The molecule has 8 nitrogen and oxygen atoms in total. The second-order valence-electron chi connectivity index (χ2n) is 8.08. The number of piperidine rings is 1. The van der Waals surface area contributed by atoms with E-state index in [0.717, 1.165) is 47.8 Å². The van der Waals surface area contributed by atoms with Crippen molar-refractivity contribution in [1.29, 1.82) is 0 Å². The zero-order valence-corrected chi connectivity index (χ0v) is 17.6. The molecule has 0 saturated carbocycles.